The molecule has 2 rings (SSSR count). The molecule has 0 heterocycles. The molecule has 0 radical (unpaired) electrons. The molecule has 0 aliphatic rings. The van der Waals surface area contributed by atoms with E-state index in [2.05, 4.69) is 27.3 Å². The minimum Gasteiger partial charge on any atom is -0.487 e. The highest BCUT2D eigenvalue weighted by Crippen LogP contribution is 2.35. The Morgan fingerprint density at radius 1 is 1.14 bits per heavy atom. The minimum absolute atomic E-state index is 0.226. The van der Waals surface area contributed by atoms with Gasteiger partial charge in [-0.05, 0) is 30.5 Å². The fraction of sp³-hybridized carbons (Fsp3) is 0.158. The maximum absolute atomic E-state index is 12.4. The number of methoxy groups -OCH3 is 1. The Bertz CT molecular complexity index is 952. The standard InChI is InChI=1S/C19H17Cl2N3O4S/c1-27-19(26)16(24-29)18(22)23-15(25)9-12-13(20)7-8-14(21)17(12)28-10-11-5-3-2-4-6-11/h2-8,29H,9-10H2,1H3,(H2,22,23,25). The van der Waals surface area contributed by atoms with Gasteiger partial charge in [-0.2, -0.15) is 0 Å². The molecule has 2 N–H and O–H groups in total. The number of thiol groups is 1. The lowest BCUT2D eigenvalue weighted by Crippen LogP contribution is -2.40. The second-order valence-electron chi connectivity index (χ2n) is 5.65. The Balaban J connectivity index is 2.17. The van der Waals surface area contributed by atoms with Crippen LogP contribution in [0.4, 0.5) is 0 Å². The van der Waals surface area contributed by atoms with Crippen molar-refractivity contribution in [3.05, 3.63) is 63.6 Å². The highest BCUT2D eigenvalue weighted by Gasteiger charge is 2.22. The Morgan fingerprint density at radius 3 is 2.41 bits per heavy atom. The van der Waals surface area contributed by atoms with E-state index in [9.17, 15) is 9.59 Å². The summed E-state index contributed by atoms with van der Waals surface area (Å²) in [6, 6.07) is 12.5. The van der Waals surface area contributed by atoms with Gasteiger partial charge < -0.3 is 14.8 Å². The molecule has 0 unspecified atom stereocenters. The van der Waals surface area contributed by atoms with Gasteiger partial charge in [0.25, 0.3) is 0 Å². The summed E-state index contributed by atoms with van der Waals surface area (Å²) >= 11 is 16.1. The predicted molar refractivity (Wildman–Crippen MR) is 115 cm³/mol. The third-order valence-corrected chi connectivity index (χ3v) is 4.55. The van der Waals surface area contributed by atoms with E-state index < -0.39 is 23.4 Å². The molecule has 0 aromatic heterocycles. The summed E-state index contributed by atoms with van der Waals surface area (Å²) in [5.74, 6) is -1.82. The predicted octanol–water partition coefficient (Wildman–Crippen LogP) is 3.67. The summed E-state index contributed by atoms with van der Waals surface area (Å²) in [4.78, 5) is 23.9. The summed E-state index contributed by atoms with van der Waals surface area (Å²) in [6.07, 6.45) is -0.243. The quantitative estimate of drug-likeness (QED) is 0.257. The van der Waals surface area contributed by atoms with Crippen LogP contribution in [0.1, 0.15) is 11.1 Å². The lowest BCUT2D eigenvalue weighted by atomic mass is 10.1. The minimum atomic E-state index is -0.905. The van der Waals surface area contributed by atoms with Crippen molar-refractivity contribution in [2.75, 3.05) is 7.11 Å². The number of amides is 1. The van der Waals surface area contributed by atoms with Gasteiger partial charge in [0.1, 0.15) is 12.4 Å². The van der Waals surface area contributed by atoms with Crippen LogP contribution in [0.3, 0.4) is 0 Å². The number of nitrogens with zero attached hydrogens (tertiary/aromatic N) is 1. The average Bonchev–Trinajstić information content (AvgIpc) is 2.71. The molecule has 0 atom stereocenters. The number of esters is 1. The molecule has 0 fully saturated rings. The van der Waals surface area contributed by atoms with Crippen LogP contribution in [0.2, 0.25) is 10.0 Å². The first-order valence-electron chi connectivity index (χ1n) is 8.20. The van der Waals surface area contributed by atoms with Gasteiger partial charge in [0.2, 0.25) is 5.91 Å². The number of hydrogen-bond acceptors (Lipinski definition) is 7. The van der Waals surface area contributed by atoms with Gasteiger partial charge in [0, 0.05) is 10.6 Å². The molecule has 0 spiro atoms. The lowest BCUT2D eigenvalue weighted by Gasteiger charge is -2.15. The van der Waals surface area contributed by atoms with E-state index in [1.807, 2.05) is 30.3 Å². The summed E-state index contributed by atoms with van der Waals surface area (Å²) < 4.78 is 13.6. The van der Waals surface area contributed by atoms with Crippen LogP contribution in [0.5, 0.6) is 5.75 Å². The zero-order valence-electron chi connectivity index (χ0n) is 15.2. The number of nitrogens with one attached hydrogen (secondary N) is 2. The van der Waals surface area contributed by atoms with Gasteiger partial charge in [0.05, 0.1) is 18.6 Å². The maximum atomic E-state index is 12.4. The number of amidine groups is 1. The summed E-state index contributed by atoms with van der Waals surface area (Å²) in [5, 5.41) is 10.6. The Morgan fingerprint density at radius 2 is 1.79 bits per heavy atom. The number of hydrogen-bond donors (Lipinski definition) is 3. The largest absolute Gasteiger partial charge is 0.487 e. The van der Waals surface area contributed by atoms with Gasteiger partial charge in [-0.3, -0.25) is 10.2 Å². The van der Waals surface area contributed by atoms with Gasteiger partial charge in [-0.15, -0.1) is 0 Å². The Hall–Kier alpha value is -2.55. The molecule has 7 nitrogen and oxygen atoms in total. The molecule has 0 bridgehead atoms. The molecule has 0 aliphatic carbocycles. The van der Waals surface area contributed by atoms with Crippen molar-refractivity contribution in [1.82, 2.24) is 5.32 Å². The molecule has 2 aromatic rings. The van der Waals surface area contributed by atoms with Gasteiger partial charge in [0.15, 0.2) is 11.5 Å². The third-order valence-electron chi connectivity index (χ3n) is 3.70. The Labute approximate surface area is 183 Å². The van der Waals surface area contributed by atoms with Crippen LogP contribution in [0.15, 0.2) is 46.9 Å². The van der Waals surface area contributed by atoms with Crippen LogP contribution in [-0.4, -0.2) is 30.5 Å². The number of ether oxygens (including phenoxy) is 2. The van der Waals surface area contributed by atoms with Gasteiger partial charge in [-0.1, -0.05) is 53.5 Å². The van der Waals surface area contributed by atoms with E-state index in [-0.39, 0.29) is 28.8 Å². The zero-order chi connectivity index (χ0) is 21.4. The SMILES string of the molecule is COC(=O)C(=NS)C(=N)NC(=O)Cc1c(Cl)ccc(Cl)c1OCc1ccccc1. The lowest BCUT2D eigenvalue weighted by molar-refractivity contribution is -0.132. The zero-order valence-corrected chi connectivity index (χ0v) is 17.6. The van der Waals surface area contributed by atoms with Crippen molar-refractivity contribution in [1.29, 1.82) is 5.41 Å². The molecule has 0 saturated heterocycles. The summed E-state index contributed by atoms with van der Waals surface area (Å²) in [6.45, 7) is 0.226. The highest BCUT2D eigenvalue weighted by atomic mass is 35.5. The molecule has 0 aliphatic heterocycles. The van der Waals surface area contributed by atoms with E-state index in [4.69, 9.17) is 33.3 Å². The van der Waals surface area contributed by atoms with Crippen molar-refractivity contribution >= 4 is 59.4 Å². The van der Waals surface area contributed by atoms with Crippen molar-refractivity contribution in [2.45, 2.75) is 13.0 Å². The molecule has 152 valence electrons. The molecule has 10 heteroatoms. The molecule has 0 saturated carbocycles. The van der Waals surface area contributed by atoms with Gasteiger partial charge in [-0.25, -0.2) is 9.19 Å². The molecular weight excluding hydrogens is 437 g/mol. The number of rotatable bonds is 7. The molecule has 2 aromatic carbocycles. The molecular formula is C19H17Cl2N3O4S. The van der Waals surface area contributed by atoms with Crippen LogP contribution < -0.4 is 10.1 Å². The van der Waals surface area contributed by atoms with Crippen molar-refractivity contribution in [3.8, 4) is 5.75 Å². The van der Waals surface area contributed by atoms with Crippen LogP contribution in [-0.2, 0) is 27.4 Å². The highest BCUT2D eigenvalue weighted by molar-refractivity contribution is 7.79. The van der Waals surface area contributed by atoms with Crippen molar-refractivity contribution < 1.29 is 19.1 Å². The van der Waals surface area contributed by atoms with E-state index in [0.29, 0.717) is 5.56 Å². The Kier molecular flexibility index (Phi) is 8.50. The summed E-state index contributed by atoms with van der Waals surface area (Å²) in [7, 11) is 1.12. The smallest absolute Gasteiger partial charge is 0.361 e. The van der Waals surface area contributed by atoms with E-state index in [1.165, 1.54) is 0 Å². The number of benzene rings is 2. The van der Waals surface area contributed by atoms with Gasteiger partial charge >= 0.3 is 5.97 Å². The van der Waals surface area contributed by atoms with Crippen molar-refractivity contribution in [2.24, 2.45) is 4.40 Å². The van der Waals surface area contributed by atoms with Crippen LogP contribution in [0, 0.1) is 5.41 Å². The first kappa shape index (κ1) is 22.7. The topological polar surface area (TPSA) is 101 Å². The van der Waals surface area contributed by atoms with Crippen LogP contribution >= 0.6 is 36.0 Å². The summed E-state index contributed by atoms with van der Waals surface area (Å²) in [5.41, 5.74) is 0.818. The number of carbonyl (C=O) groups is 2. The molecule has 1 amide bonds. The molecule has 29 heavy (non-hydrogen) atoms. The van der Waals surface area contributed by atoms with Crippen LogP contribution in [0.25, 0.3) is 0 Å². The van der Waals surface area contributed by atoms with E-state index in [1.54, 1.807) is 12.1 Å². The normalized spacial score (nSPS) is 11.0. The fourth-order valence-electron chi connectivity index (χ4n) is 2.32. The van der Waals surface area contributed by atoms with E-state index in [0.717, 1.165) is 12.7 Å². The maximum Gasteiger partial charge on any atom is 0.361 e. The van der Waals surface area contributed by atoms with E-state index >= 15 is 0 Å². The fourth-order valence-corrected chi connectivity index (χ4v) is 2.95. The number of halogens is 2. The second kappa shape index (κ2) is 10.8. The first-order valence-corrected chi connectivity index (χ1v) is 9.35. The second-order valence-corrected chi connectivity index (χ2v) is 6.67. The first-order chi connectivity index (χ1) is 13.9. The monoisotopic (exact) mass is 453 g/mol. The number of carbonyl (C=O) groups excluding carboxylic acids is 2. The average molecular weight is 454 g/mol. The van der Waals surface area contributed by atoms with Crippen molar-refractivity contribution in [3.63, 3.8) is 0 Å². The third kappa shape index (κ3) is 6.22.